The molecule has 3 nitrogen and oxygen atoms in total. The van der Waals surface area contributed by atoms with Crippen molar-refractivity contribution in [3.63, 3.8) is 0 Å². The van der Waals surface area contributed by atoms with Gasteiger partial charge in [-0.15, -0.1) is 0 Å². The molecule has 0 saturated heterocycles. The van der Waals surface area contributed by atoms with Crippen LogP contribution in [0.15, 0.2) is 30.3 Å². The van der Waals surface area contributed by atoms with Gasteiger partial charge in [0.1, 0.15) is 5.75 Å². The SMILES string of the molecule is NC(=O)C1CCC(Oc2ccccc2)CC1. The lowest BCUT2D eigenvalue weighted by molar-refractivity contribution is -0.123. The second kappa shape index (κ2) is 5.01. The molecule has 0 spiro atoms. The minimum absolute atomic E-state index is 0.0515. The summed E-state index contributed by atoms with van der Waals surface area (Å²) in [5, 5.41) is 0. The maximum atomic E-state index is 11.0. The normalized spacial score (nSPS) is 25.0. The van der Waals surface area contributed by atoms with E-state index in [1.54, 1.807) is 0 Å². The van der Waals surface area contributed by atoms with E-state index in [1.165, 1.54) is 0 Å². The summed E-state index contributed by atoms with van der Waals surface area (Å²) in [4.78, 5) is 11.0. The number of rotatable bonds is 3. The molecule has 2 N–H and O–H groups in total. The number of carbonyl (C=O) groups is 1. The Hall–Kier alpha value is -1.51. The minimum Gasteiger partial charge on any atom is -0.490 e. The van der Waals surface area contributed by atoms with Gasteiger partial charge in [0.05, 0.1) is 6.10 Å². The first-order valence-electron chi connectivity index (χ1n) is 5.76. The number of hydrogen-bond donors (Lipinski definition) is 1. The third-order valence-corrected chi connectivity index (χ3v) is 3.12. The van der Waals surface area contributed by atoms with Crippen LogP contribution >= 0.6 is 0 Å². The van der Waals surface area contributed by atoms with Crippen LogP contribution in [0.3, 0.4) is 0 Å². The second-order valence-electron chi connectivity index (χ2n) is 4.31. The van der Waals surface area contributed by atoms with E-state index in [2.05, 4.69) is 0 Å². The zero-order chi connectivity index (χ0) is 11.4. The second-order valence-corrected chi connectivity index (χ2v) is 4.31. The summed E-state index contributed by atoms with van der Waals surface area (Å²) in [6.07, 6.45) is 3.78. The third-order valence-electron chi connectivity index (χ3n) is 3.12. The molecule has 1 saturated carbocycles. The molecule has 86 valence electrons. The number of hydrogen-bond acceptors (Lipinski definition) is 2. The smallest absolute Gasteiger partial charge is 0.220 e. The van der Waals surface area contributed by atoms with E-state index in [9.17, 15) is 4.79 Å². The summed E-state index contributed by atoms with van der Waals surface area (Å²) in [6, 6.07) is 9.81. The highest BCUT2D eigenvalue weighted by molar-refractivity contribution is 5.76. The maximum absolute atomic E-state index is 11.0. The van der Waals surface area contributed by atoms with Crippen LogP contribution in [0.5, 0.6) is 5.75 Å². The van der Waals surface area contributed by atoms with Crippen LogP contribution in [0.1, 0.15) is 25.7 Å². The third kappa shape index (κ3) is 2.75. The summed E-state index contributed by atoms with van der Waals surface area (Å²) >= 11 is 0. The molecule has 0 bridgehead atoms. The predicted octanol–water partition coefficient (Wildman–Crippen LogP) is 2.11. The summed E-state index contributed by atoms with van der Waals surface area (Å²) in [7, 11) is 0. The Labute approximate surface area is 95.6 Å². The topological polar surface area (TPSA) is 52.3 Å². The first kappa shape index (κ1) is 11.0. The van der Waals surface area contributed by atoms with Gasteiger partial charge in [0.15, 0.2) is 0 Å². The van der Waals surface area contributed by atoms with E-state index < -0.39 is 0 Å². The number of benzene rings is 1. The van der Waals surface area contributed by atoms with Gasteiger partial charge in [0, 0.05) is 5.92 Å². The Morgan fingerprint density at radius 1 is 1.12 bits per heavy atom. The Morgan fingerprint density at radius 2 is 1.75 bits per heavy atom. The highest BCUT2D eigenvalue weighted by Gasteiger charge is 2.25. The number of ether oxygens (including phenoxy) is 1. The van der Waals surface area contributed by atoms with Crippen LogP contribution in [0, 0.1) is 5.92 Å². The van der Waals surface area contributed by atoms with Gasteiger partial charge in [-0.05, 0) is 37.8 Å². The lowest BCUT2D eigenvalue weighted by Gasteiger charge is -2.27. The van der Waals surface area contributed by atoms with Crippen LogP contribution in [0.2, 0.25) is 0 Å². The quantitative estimate of drug-likeness (QED) is 0.846. The first-order chi connectivity index (χ1) is 7.75. The number of primary amides is 1. The highest BCUT2D eigenvalue weighted by atomic mass is 16.5. The molecule has 2 rings (SSSR count). The zero-order valence-electron chi connectivity index (χ0n) is 9.26. The van der Waals surface area contributed by atoms with Crippen molar-refractivity contribution in [1.29, 1.82) is 0 Å². The van der Waals surface area contributed by atoms with E-state index in [0.29, 0.717) is 0 Å². The van der Waals surface area contributed by atoms with Crippen molar-refractivity contribution in [1.82, 2.24) is 0 Å². The van der Waals surface area contributed by atoms with Gasteiger partial charge in [0.2, 0.25) is 5.91 Å². The van der Waals surface area contributed by atoms with Crippen LogP contribution in [0.4, 0.5) is 0 Å². The fourth-order valence-corrected chi connectivity index (χ4v) is 2.16. The molecule has 0 heterocycles. The van der Waals surface area contributed by atoms with Crippen molar-refractivity contribution in [2.75, 3.05) is 0 Å². The standard InChI is InChI=1S/C13H17NO2/c14-13(15)10-6-8-12(9-7-10)16-11-4-2-1-3-5-11/h1-5,10,12H,6-9H2,(H2,14,15). The highest BCUT2D eigenvalue weighted by Crippen LogP contribution is 2.27. The number of para-hydroxylation sites is 1. The van der Waals surface area contributed by atoms with E-state index >= 15 is 0 Å². The van der Waals surface area contributed by atoms with E-state index in [-0.39, 0.29) is 17.9 Å². The Balaban J connectivity index is 1.84. The maximum Gasteiger partial charge on any atom is 0.220 e. The van der Waals surface area contributed by atoms with Crippen molar-refractivity contribution in [3.05, 3.63) is 30.3 Å². The molecule has 16 heavy (non-hydrogen) atoms. The van der Waals surface area contributed by atoms with Gasteiger partial charge in [-0.1, -0.05) is 18.2 Å². The number of nitrogens with two attached hydrogens (primary N) is 1. The van der Waals surface area contributed by atoms with Crippen LogP contribution in [0.25, 0.3) is 0 Å². The first-order valence-corrected chi connectivity index (χ1v) is 5.76. The van der Waals surface area contributed by atoms with Gasteiger partial charge in [-0.25, -0.2) is 0 Å². The van der Waals surface area contributed by atoms with E-state index in [0.717, 1.165) is 31.4 Å². The van der Waals surface area contributed by atoms with Gasteiger partial charge >= 0.3 is 0 Å². The van der Waals surface area contributed by atoms with Crippen molar-refractivity contribution in [2.45, 2.75) is 31.8 Å². The van der Waals surface area contributed by atoms with Crippen LogP contribution in [-0.4, -0.2) is 12.0 Å². The van der Waals surface area contributed by atoms with Crippen molar-refractivity contribution in [3.8, 4) is 5.75 Å². The summed E-state index contributed by atoms with van der Waals surface area (Å²) in [5.41, 5.74) is 5.29. The van der Waals surface area contributed by atoms with Gasteiger partial charge < -0.3 is 10.5 Å². The summed E-state index contributed by atoms with van der Waals surface area (Å²) in [5.74, 6) is 0.791. The van der Waals surface area contributed by atoms with E-state index in [1.807, 2.05) is 30.3 Å². The van der Waals surface area contributed by atoms with Gasteiger partial charge in [-0.2, -0.15) is 0 Å². The number of amides is 1. The molecular formula is C13H17NO2. The molecule has 1 amide bonds. The van der Waals surface area contributed by atoms with Crippen LogP contribution in [-0.2, 0) is 4.79 Å². The van der Waals surface area contributed by atoms with Gasteiger partial charge in [0.25, 0.3) is 0 Å². The lowest BCUT2D eigenvalue weighted by Crippen LogP contribution is -2.31. The number of carbonyl (C=O) groups excluding carboxylic acids is 1. The predicted molar refractivity (Wildman–Crippen MR) is 62.0 cm³/mol. The average Bonchev–Trinajstić information content (AvgIpc) is 2.31. The Morgan fingerprint density at radius 3 is 2.31 bits per heavy atom. The molecule has 1 aromatic rings. The zero-order valence-corrected chi connectivity index (χ0v) is 9.26. The molecule has 1 aromatic carbocycles. The van der Waals surface area contributed by atoms with Crippen molar-refractivity contribution < 1.29 is 9.53 Å². The molecule has 0 aromatic heterocycles. The van der Waals surface area contributed by atoms with Gasteiger partial charge in [-0.3, -0.25) is 4.79 Å². The fourth-order valence-electron chi connectivity index (χ4n) is 2.16. The summed E-state index contributed by atoms with van der Waals surface area (Å²) in [6.45, 7) is 0. The van der Waals surface area contributed by atoms with Crippen LogP contribution < -0.4 is 10.5 Å². The molecule has 1 fully saturated rings. The lowest BCUT2D eigenvalue weighted by atomic mass is 9.87. The monoisotopic (exact) mass is 219 g/mol. The Bertz CT molecular complexity index is 342. The summed E-state index contributed by atoms with van der Waals surface area (Å²) < 4.78 is 5.83. The molecule has 0 radical (unpaired) electrons. The fraction of sp³-hybridized carbons (Fsp3) is 0.462. The molecule has 0 aliphatic heterocycles. The molecule has 3 heteroatoms. The average molecular weight is 219 g/mol. The molecule has 1 aliphatic rings. The minimum atomic E-state index is -0.168. The van der Waals surface area contributed by atoms with Crippen molar-refractivity contribution in [2.24, 2.45) is 11.7 Å². The molecule has 0 unspecified atom stereocenters. The molecule has 1 aliphatic carbocycles. The molecular weight excluding hydrogens is 202 g/mol. The Kier molecular flexibility index (Phi) is 3.44. The largest absolute Gasteiger partial charge is 0.490 e. The molecule has 0 atom stereocenters. The van der Waals surface area contributed by atoms with Crippen molar-refractivity contribution >= 4 is 5.91 Å². The van der Waals surface area contributed by atoms with E-state index in [4.69, 9.17) is 10.5 Å².